The zero-order valence-corrected chi connectivity index (χ0v) is 17.8. The summed E-state index contributed by atoms with van der Waals surface area (Å²) in [5.74, 6) is -0.410. The van der Waals surface area contributed by atoms with Gasteiger partial charge in [-0.2, -0.15) is 4.68 Å². The number of hydrogen-bond acceptors (Lipinski definition) is 6. The van der Waals surface area contributed by atoms with E-state index in [1.807, 2.05) is 22.4 Å². The molecule has 0 spiro atoms. The summed E-state index contributed by atoms with van der Waals surface area (Å²) in [6.45, 7) is 5.23. The molecule has 1 amide bonds. The molecule has 0 atom stereocenters. The summed E-state index contributed by atoms with van der Waals surface area (Å²) in [5, 5.41) is 16.8. The average Bonchev–Trinajstić information content (AvgIpc) is 3.37. The number of nitrogens with zero attached hydrogens (tertiary/aromatic N) is 5. The highest BCUT2D eigenvalue weighted by Gasteiger charge is 2.24. The highest BCUT2D eigenvalue weighted by molar-refractivity contribution is 7.12. The molecular formula is C21H22FN5O3S. The fraction of sp³-hybridized carbons (Fsp3) is 0.333. The second-order valence-electron chi connectivity index (χ2n) is 7.54. The number of nitro groups is 1. The van der Waals surface area contributed by atoms with Gasteiger partial charge in [-0.15, -0.1) is 11.3 Å². The second-order valence-corrected chi connectivity index (χ2v) is 8.45. The van der Waals surface area contributed by atoms with E-state index in [0.29, 0.717) is 55.4 Å². The molecule has 0 bridgehead atoms. The Morgan fingerprint density at radius 1 is 1.19 bits per heavy atom. The molecule has 3 aromatic rings. The van der Waals surface area contributed by atoms with E-state index in [-0.39, 0.29) is 17.5 Å². The first-order valence-electron chi connectivity index (χ1n) is 9.92. The summed E-state index contributed by atoms with van der Waals surface area (Å²) >= 11 is 1.37. The minimum absolute atomic E-state index is 0.0232. The molecule has 162 valence electrons. The monoisotopic (exact) mass is 443 g/mol. The summed E-state index contributed by atoms with van der Waals surface area (Å²) in [7, 11) is 0. The van der Waals surface area contributed by atoms with Crippen molar-refractivity contribution < 1.29 is 14.1 Å². The molecule has 0 unspecified atom stereocenters. The fourth-order valence-corrected chi connectivity index (χ4v) is 4.49. The number of halogens is 1. The first-order chi connectivity index (χ1) is 14.9. The maximum absolute atomic E-state index is 13.9. The Morgan fingerprint density at radius 2 is 1.94 bits per heavy atom. The van der Waals surface area contributed by atoms with Crippen molar-refractivity contribution in [2.45, 2.75) is 20.0 Å². The summed E-state index contributed by atoms with van der Waals surface area (Å²) in [6, 6.07) is 10.0. The Bertz CT molecular complexity index is 1100. The van der Waals surface area contributed by atoms with Gasteiger partial charge in [-0.05, 0) is 34.9 Å². The van der Waals surface area contributed by atoms with Crippen molar-refractivity contribution in [3.05, 3.63) is 79.4 Å². The standard InChI is InChI=1S/C21H22FN5O3S/c1-15-10-20(27(29)30)23-26(15)12-16-11-19(31-14-16)21(28)25-8-6-24(7-9-25)13-17-4-2-3-5-18(17)22/h2-5,10-11,14H,6-9,12-13H2,1H3. The van der Waals surface area contributed by atoms with E-state index in [1.165, 1.54) is 23.5 Å². The number of benzene rings is 1. The van der Waals surface area contributed by atoms with E-state index in [4.69, 9.17) is 0 Å². The van der Waals surface area contributed by atoms with Crippen molar-refractivity contribution in [2.75, 3.05) is 26.2 Å². The molecule has 2 aromatic heterocycles. The lowest BCUT2D eigenvalue weighted by atomic mass is 10.2. The molecule has 1 fully saturated rings. The van der Waals surface area contributed by atoms with Crippen LogP contribution in [0, 0.1) is 22.9 Å². The van der Waals surface area contributed by atoms with Crippen LogP contribution in [0.2, 0.25) is 0 Å². The van der Waals surface area contributed by atoms with E-state index in [9.17, 15) is 19.3 Å². The quantitative estimate of drug-likeness (QED) is 0.431. The molecule has 1 aliphatic rings. The van der Waals surface area contributed by atoms with Gasteiger partial charge in [0.25, 0.3) is 5.91 Å². The molecule has 10 heteroatoms. The molecule has 31 heavy (non-hydrogen) atoms. The van der Waals surface area contributed by atoms with E-state index in [1.54, 1.807) is 23.7 Å². The maximum Gasteiger partial charge on any atom is 0.390 e. The van der Waals surface area contributed by atoms with Crippen molar-refractivity contribution >= 4 is 23.1 Å². The molecular weight excluding hydrogens is 421 g/mol. The zero-order valence-electron chi connectivity index (χ0n) is 17.0. The van der Waals surface area contributed by atoms with Crippen LogP contribution >= 0.6 is 11.3 Å². The number of amides is 1. The average molecular weight is 444 g/mol. The van der Waals surface area contributed by atoms with Crippen molar-refractivity contribution in [1.82, 2.24) is 19.6 Å². The molecule has 8 nitrogen and oxygen atoms in total. The summed E-state index contributed by atoms with van der Waals surface area (Å²) < 4.78 is 15.4. The number of thiophene rings is 1. The van der Waals surface area contributed by atoms with Gasteiger partial charge in [-0.1, -0.05) is 18.2 Å². The lowest BCUT2D eigenvalue weighted by molar-refractivity contribution is -0.389. The van der Waals surface area contributed by atoms with E-state index in [0.717, 1.165) is 5.56 Å². The van der Waals surface area contributed by atoms with E-state index < -0.39 is 4.92 Å². The summed E-state index contributed by atoms with van der Waals surface area (Å²) in [4.78, 5) is 27.9. The Labute approximate surface area is 182 Å². The third-order valence-electron chi connectivity index (χ3n) is 5.36. The molecule has 0 N–H and O–H groups in total. The van der Waals surface area contributed by atoms with Crippen LogP contribution in [0.4, 0.5) is 10.2 Å². The van der Waals surface area contributed by atoms with Gasteiger partial charge in [0.05, 0.1) is 28.3 Å². The van der Waals surface area contributed by atoms with Crippen molar-refractivity contribution in [3.8, 4) is 0 Å². The van der Waals surface area contributed by atoms with Crippen LogP contribution in [-0.4, -0.2) is 56.6 Å². The van der Waals surface area contributed by atoms with Crippen LogP contribution < -0.4 is 0 Å². The van der Waals surface area contributed by atoms with Crippen molar-refractivity contribution in [3.63, 3.8) is 0 Å². The summed E-state index contributed by atoms with van der Waals surface area (Å²) in [6.07, 6.45) is 0. The lowest BCUT2D eigenvalue weighted by Gasteiger charge is -2.34. The minimum atomic E-state index is -0.516. The number of carbonyl (C=O) groups is 1. The van der Waals surface area contributed by atoms with Crippen molar-refractivity contribution in [2.24, 2.45) is 0 Å². The Hall–Kier alpha value is -3.11. The highest BCUT2D eigenvalue weighted by Crippen LogP contribution is 2.21. The lowest BCUT2D eigenvalue weighted by Crippen LogP contribution is -2.48. The maximum atomic E-state index is 13.9. The normalized spacial score (nSPS) is 14.7. The number of aromatic nitrogens is 2. The van der Waals surface area contributed by atoms with Crippen LogP contribution in [0.15, 0.2) is 41.8 Å². The van der Waals surface area contributed by atoms with Gasteiger partial charge in [0, 0.05) is 38.3 Å². The first-order valence-corrected chi connectivity index (χ1v) is 10.8. The predicted octanol–water partition coefficient (Wildman–Crippen LogP) is 3.31. The third-order valence-corrected chi connectivity index (χ3v) is 6.33. The summed E-state index contributed by atoms with van der Waals surface area (Å²) in [5.41, 5.74) is 2.24. The van der Waals surface area contributed by atoms with Gasteiger partial charge in [0.1, 0.15) is 5.82 Å². The van der Waals surface area contributed by atoms with Crippen LogP contribution in [0.5, 0.6) is 0 Å². The molecule has 0 radical (unpaired) electrons. The van der Waals surface area contributed by atoms with Crippen LogP contribution in [-0.2, 0) is 13.1 Å². The van der Waals surface area contributed by atoms with Crippen LogP contribution in [0.1, 0.15) is 26.5 Å². The van der Waals surface area contributed by atoms with Gasteiger partial charge in [-0.25, -0.2) is 4.39 Å². The van der Waals surface area contributed by atoms with Gasteiger partial charge < -0.3 is 15.0 Å². The fourth-order valence-electron chi connectivity index (χ4n) is 3.62. The largest absolute Gasteiger partial charge is 0.390 e. The third kappa shape index (κ3) is 4.80. The SMILES string of the molecule is Cc1cc([N+](=O)[O-])nn1Cc1csc(C(=O)N2CCN(Cc3ccccc3F)CC2)c1. The molecule has 1 aromatic carbocycles. The van der Waals surface area contributed by atoms with Gasteiger partial charge in [0.2, 0.25) is 0 Å². The number of aryl methyl sites for hydroxylation is 1. The number of piperazine rings is 1. The van der Waals surface area contributed by atoms with Gasteiger partial charge >= 0.3 is 5.82 Å². The molecule has 0 saturated carbocycles. The van der Waals surface area contributed by atoms with Crippen molar-refractivity contribution in [1.29, 1.82) is 0 Å². The molecule has 3 heterocycles. The molecule has 4 rings (SSSR count). The Balaban J connectivity index is 1.34. The Kier molecular flexibility index (Phi) is 6.10. The molecule has 1 saturated heterocycles. The minimum Gasteiger partial charge on any atom is -0.358 e. The van der Waals surface area contributed by atoms with Crippen LogP contribution in [0.3, 0.4) is 0 Å². The molecule has 1 aliphatic heterocycles. The van der Waals surface area contributed by atoms with Crippen LogP contribution in [0.25, 0.3) is 0 Å². The van der Waals surface area contributed by atoms with E-state index >= 15 is 0 Å². The van der Waals surface area contributed by atoms with Gasteiger partial charge in [-0.3, -0.25) is 9.69 Å². The first kappa shape index (κ1) is 21.1. The number of carbonyl (C=O) groups excluding carboxylic acids is 1. The Morgan fingerprint density at radius 3 is 2.61 bits per heavy atom. The topological polar surface area (TPSA) is 84.5 Å². The smallest absolute Gasteiger partial charge is 0.358 e. The van der Waals surface area contributed by atoms with Gasteiger partial charge in [0.15, 0.2) is 0 Å². The molecule has 0 aliphatic carbocycles. The second kappa shape index (κ2) is 8.94. The number of hydrogen-bond donors (Lipinski definition) is 0. The predicted molar refractivity (Wildman–Crippen MR) is 115 cm³/mol. The zero-order chi connectivity index (χ0) is 22.0. The highest BCUT2D eigenvalue weighted by atomic mass is 32.1. The number of rotatable bonds is 6. The van der Waals surface area contributed by atoms with E-state index in [2.05, 4.69) is 10.00 Å².